The lowest BCUT2D eigenvalue weighted by atomic mass is 10.2. The van der Waals surface area contributed by atoms with E-state index >= 15 is 0 Å². The Morgan fingerprint density at radius 2 is 2.07 bits per heavy atom. The molecule has 13 heteroatoms. The summed E-state index contributed by atoms with van der Waals surface area (Å²) in [4.78, 5) is 24.6. The average molecular weight is 411 g/mol. The van der Waals surface area contributed by atoms with Crippen molar-refractivity contribution in [3.63, 3.8) is 0 Å². The lowest BCUT2D eigenvalue weighted by molar-refractivity contribution is -0.116. The summed E-state index contributed by atoms with van der Waals surface area (Å²) < 4.78 is 15.6. The van der Waals surface area contributed by atoms with E-state index in [0.717, 1.165) is 0 Å². The topological polar surface area (TPSA) is 170 Å². The monoisotopic (exact) mass is 411 g/mol. The summed E-state index contributed by atoms with van der Waals surface area (Å²) in [5.41, 5.74) is 0.678. The Morgan fingerprint density at radius 1 is 1.17 bits per heavy atom. The number of aromatic nitrogens is 8. The van der Waals surface area contributed by atoms with Gasteiger partial charge in [-0.05, 0) is 12.1 Å². The first-order valence-corrected chi connectivity index (χ1v) is 8.79. The van der Waals surface area contributed by atoms with Gasteiger partial charge in [-0.3, -0.25) is 20.3 Å². The number of ether oxygens (including phenoxy) is 2. The number of benzene rings is 1. The molecule has 0 aliphatic carbocycles. The first-order valence-electron chi connectivity index (χ1n) is 8.79. The lowest BCUT2D eigenvalue weighted by Crippen LogP contribution is -2.13. The van der Waals surface area contributed by atoms with E-state index in [9.17, 15) is 4.79 Å². The van der Waals surface area contributed by atoms with Crippen LogP contribution in [0.1, 0.15) is 12.3 Å². The van der Waals surface area contributed by atoms with Gasteiger partial charge in [0.1, 0.15) is 17.8 Å². The standard InChI is InChI=1S/C17H17N9O4/c1-28-9-3-4-10(11(7-9)29-2)14-22-17(25-24-14)20-12(27)5-6-13-21-16(26-30-13)15-18-8-19-23-15/h3-4,7-8H,5-6H2,1-2H3,(H,18,19,23)(H2,20,22,24,25,27). The van der Waals surface area contributed by atoms with Crippen molar-refractivity contribution >= 4 is 11.9 Å². The quantitative estimate of drug-likeness (QED) is 0.383. The summed E-state index contributed by atoms with van der Waals surface area (Å²) in [6.45, 7) is 0. The predicted octanol–water partition coefficient (Wildman–Crippen LogP) is 1.23. The Balaban J connectivity index is 1.36. The summed E-state index contributed by atoms with van der Waals surface area (Å²) in [6, 6.07) is 5.29. The predicted molar refractivity (Wildman–Crippen MR) is 102 cm³/mol. The van der Waals surface area contributed by atoms with Crippen LogP contribution >= 0.6 is 0 Å². The van der Waals surface area contributed by atoms with Gasteiger partial charge < -0.3 is 14.0 Å². The number of rotatable bonds is 8. The van der Waals surface area contributed by atoms with Crippen LogP contribution < -0.4 is 14.8 Å². The number of methoxy groups -OCH3 is 2. The molecule has 4 rings (SSSR count). The van der Waals surface area contributed by atoms with Gasteiger partial charge in [0.2, 0.25) is 23.6 Å². The van der Waals surface area contributed by atoms with Crippen molar-refractivity contribution < 1.29 is 18.8 Å². The number of nitrogens with one attached hydrogen (secondary N) is 3. The molecule has 3 aromatic heterocycles. The summed E-state index contributed by atoms with van der Waals surface area (Å²) in [5, 5.41) is 19.6. The van der Waals surface area contributed by atoms with E-state index in [4.69, 9.17) is 14.0 Å². The minimum Gasteiger partial charge on any atom is -0.497 e. The maximum Gasteiger partial charge on any atom is 0.249 e. The number of H-pyrrole nitrogens is 2. The fourth-order valence-electron chi connectivity index (χ4n) is 2.61. The van der Waals surface area contributed by atoms with Crippen molar-refractivity contribution in [2.45, 2.75) is 12.8 Å². The normalized spacial score (nSPS) is 10.7. The Kier molecular flexibility index (Phi) is 5.32. The molecule has 4 aromatic rings. The number of hydrogen-bond acceptors (Lipinski definition) is 10. The molecule has 0 radical (unpaired) electrons. The molecule has 0 saturated carbocycles. The first-order chi connectivity index (χ1) is 14.7. The zero-order valence-electron chi connectivity index (χ0n) is 16.0. The number of carbonyl (C=O) groups excluding carboxylic acids is 1. The minimum absolute atomic E-state index is 0.105. The van der Waals surface area contributed by atoms with Crippen LogP contribution in [-0.2, 0) is 11.2 Å². The molecular weight excluding hydrogens is 394 g/mol. The number of nitrogens with zero attached hydrogens (tertiary/aromatic N) is 6. The number of carbonyl (C=O) groups is 1. The van der Waals surface area contributed by atoms with E-state index in [1.807, 2.05) is 0 Å². The SMILES string of the molecule is COc1ccc(-c2nc(NC(=O)CCc3nc(-c4ncn[nH]4)no3)n[nH]2)c(OC)c1. The van der Waals surface area contributed by atoms with E-state index in [1.165, 1.54) is 6.33 Å². The molecule has 3 N–H and O–H groups in total. The molecule has 30 heavy (non-hydrogen) atoms. The maximum absolute atomic E-state index is 12.2. The van der Waals surface area contributed by atoms with Gasteiger partial charge in [0, 0.05) is 18.9 Å². The van der Waals surface area contributed by atoms with Crippen LogP contribution in [0.25, 0.3) is 23.0 Å². The first kappa shape index (κ1) is 19.0. The molecule has 0 bridgehead atoms. The second-order valence-electron chi connectivity index (χ2n) is 5.97. The Bertz CT molecular complexity index is 1140. The van der Waals surface area contributed by atoms with Crippen molar-refractivity contribution in [2.75, 3.05) is 19.5 Å². The molecule has 0 saturated heterocycles. The van der Waals surface area contributed by atoms with Crippen molar-refractivity contribution in [1.29, 1.82) is 0 Å². The Labute approximate surface area is 169 Å². The maximum atomic E-state index is 12.2. The van der Waals surface area contributed by atoms with E-state index in [1.54, 1.807) is 32.4 Å². The minimum atomic E-state index is -0.304. The van der Waals surface area contributed by atoms with Gasteiger partial charge in [0.25, 0.3) is 0 Å². The smallest absolute Gasteiger partial charge is 0.249 e. The highest BCUT2D eigenvalue weighted by atomic mass is 16.5. The highest BCUT2D eigenvalue weighted by molar-refractivity contribution is 5.89. The van der Waals surface area contributed by atoms with E-state index in [2.05, 4.69) is 45.8 Å². The van der Waals surface area contributed by atoms with Crippen LogP contribution in [0.5, 0.6) is 11.5 Å². The summed E-state index contributed by atoms with van der Waals surface area (Å²) in [6.07, 6.45) is 1.69. The van der Waals surface area contributed by atoms with Gasteiger partial charge in [0.15, 0.2) is 11.6 Å². The van der Waals surface area contributed by atoms with Crippen LogP contribution in [0, 0.1) is 0 Å². The molecule has 0 spiro atoms. The van der Waals surface area contributed by atoms with Gasteiger partial charge >= 0.3 is 0 Å². The molecule has 1 aromatic carbocycles. The molecule has 0 unspecified atom stereocenters. The number of anilines is 1. The molecular formula is C17H17N9O4. The fourth-order valence-corrected chi connectivity index (χ4v) is 2.61. The molecule has 0 aliphatic heterocycles. The van der Waals surface area contributed by atoms with Gasteiger partial charge in [-0.15, -0.1) is 5.10 Å². The van der Waals surface area contributed by atoms with Gasteiger partial charge in [-0.2, -0.15) is 15.1 Å². The van der Waals surface area contributed by atoms with Crippen LogP contribution in [0.3, 0.4) is 0 Å². The second-order valence-corrected chi connectivity index (χ2v) is 5.97. The van der Waals surface area contributed by atoms with Crippen LogP contribution in [0.4, 0.5) is 5.95 Å². The average Bonchev–Trinajstić information content (AvgIpc) is 3.53. The van der Waals surface area contributed by atoms with Crippen molar-refractivity contribution in [1.82, 2.24) is 40.5 Å². The lowest BCUT2D eigenvalue weighted by Gasteiger charge is -2.07. The zero-order chi connectivity index (χ0) is 20.9. The number of amides is 1. The summed E-state index contributed by atoms with van der Waals surface area (Å²) in [7, 11) is 3.11. The zero-order valence-corrected chi connectivity index (χ0v) is 16.0. The third-order valence-corrected chi connectivity index (χ3v) is 4.06. The van der Waals surface area contributed by atoms with Gasteiger partial charge in [-0.1, -0.05) is 5.16 Å². The van der Waals surface area contributed by atoms with Crippen LogP contribution in [0.2, 0.25) is 0 Å². The third-order valence-electron chi connectivity index (χ3n) is 4.06. The molecule has 3 heterocycles. The Hall–Kier alpha value is -4.29. The molecule has 0 aliphatic rings. The summed E-state index contributed by atoms with van der Waals surface area (Å²) in [5.74, 6) is 2.45. The van der Waals surface area contributed by atoms with Gasteiger partial charge in [-0.25, -0.2) is 4.98 Å². The van der Waals surface area contributed by atoms with Crippen molar-refractivity contribution in [3.05, 3.63) is 30.4 Å². The molecule has 0 atom stereocenters. The van der Waals surface area contributed by atoms with E-state index in [0.29, 0.717) is 34.6 Å². The van der Waals surface area contributed by atoms with E-state index < -0.39 is 0 Å². The molecule has 1 amide bonds. The van der Waals surface area contributed by atoms with Crippen LogP contribution in [-0.4, -0.2) is 60.6 Å². The number of hydrogen-bond donors (Lipinski definition) is 3. The summed E-state index contributed by atoms with van der Waals surface area (Å²) >= 11 is 0. The molecule has 13 nitrogen and oxygen atoms in total. The van der Waals surface area contributed by atoms with Crippen LogP contribution in [0.15, 0.2) is 29.0 Å². The highest BCUT2D eigenvalue weighted by Crippen LogP contribution is 2.31. The second kappa shape index (κ2) is 8.38. The molecule has 154 valence electrons. The third kappa shape index (κ3) is 4.09. The van der Waals surface area contributed by atoms with Gasteiger partial charge in [0.05, 0.1) is 19.8 Å². The van der Waals surface area contributed by atoms with Crippen molar-refractivity contribution in [3.8, 4) is 34.5 Å². The molecule has 0 fully saturated rings. The number of aryl methyl sites for hydroxylation is 1. The largest absolute Gasteiger partial charge is 0.497 e. The Morgan fingerprint density at radius 3 is 2.83 bits per heavy atom. The van der Waals surface area contributed by atoms with E-state index in [-0.39, 0.29) is 30.5 Å². The fraction of sp³-hybridized carbons (Fsp3) is 0.235. The van der Waals surface area contributed by atoms with Crippen molar-refractivity contribution in [2.24, 2.45) is 0 Å². The number of aromatic amines is 2. The highest BCUT2D eigenvalue weighted by Gasteiger charge is 2.15.